The van der Waals surface area contributed by atoms with Crippen LogP contribution in [0.1, 0.15) is 68.8 Å². The topological polar surface area (TPSA) is 136 Å². The van der Waals surface area contributed by atoms with Crippen molar-refractivity contribution in [2.45, 2.75) is 50.0 Å². The van der Waals surface area contributed by atoms with Gasteiger partial charge in [0.05, 0.1) is 11.8 Å². The van der Waals surface area contributed by atoms with Crippen molar-refractivity contribution in [3.63, 3.8) is 0 Å². The van der Waals surface area contributed by atoms with Crippen LogP contribution >= 0.6 is 0 Å². The summed E-state index contributed by atoms with van der Waals surface area (Å²) in [6.07, 6.45) is -1.86. The molecule has 2 aromatic heterocycles. The summed E-state index contributed by atoms with van der Waals surface area (Å²) in [5, 5.41) is 28.1. The average Bonchev–Trinajstić information content (AvgIpc) is 3.67. The van der Waals surface area contributed by atoms with Gasteiger partial charge in [-0.05, 0) is 60.4 Å². The van der Waals surface area contributed by atoms with Gasteiger partial charge in [0.25, 0.3) is 12.1 Å². The van der Waals surface area contributed by atoms with Gasteiger partial charge in [0, 0.05) is 54.2 Å². The van der Waals surface area contributed by atoms with Crippen molar-refractivity contribution < 1.29 is 19.3 Å². The predicted octanol–water partition coefficient (Wildman–Crippen LogP) is 9.09. The van der Waals surface area contributed by atoms with Gasteiger partial charge in [-0.3, -0.25) is 20.2 Å². The van der Waals surface area contributed by atoms with Crippen LogP contribution in [0.15, 0.2) is 121 Å². The highest BCUT2D eigenvalue weighted by Crippen LogP contribution is 2.51. The number of para-hydroxylation sites is 4. The summed E-state index contributed by atoms with van der Waals surface area (Å²) in [4.78, 5) is 32.7. The summed E-state index contributed by atoms with van der Waals surface area (Å²) in [5.74, 6) is -0.0279. The number of fused-ring (bicyclic) bond motifs is 4. The van der Waals surface area contributed by atoms with Gasteiger partial charge >= 0.3 is 0 Å². The summed E-state index contributed by atoms with van der Waals surface area (Å²) in [6.45, 7) is 3.90. The molecular formula is C42H34N4O6. The first-order valence-corrected chi connectivity index (χ1v) is 17.3. The lowest BCUT2D eigenvalue weighted by Gasteiger charge is -2.36. The van der Waals surface area contributed by atoms with Gasteiger partial charge in [-0.25, -0.2) is 0 Å². The number of aromatic amines is 2. The third-order valence-corrected chi connectivity index (χ3v) is 10.9. The number of benzene rings is 5. The molecule has 52 heavy (non-hydrogen) atoms. The lowest BCUT2D eigenvalue weighted by molar-refractivity contribution is -0.538. The zero-order valence-electron chi connectivity index (χ0n) is 28.4. The van der Waals surface area contributed by atoms with Crippen molar-refractivity contribution in [3.8, 4) is 11.5 Å². The average molecular weight is 691 g/mol. The third kappa shape index (κ3) is 4.85. The molecule has 0 fully saturated rings. The Morgan fingerprint density at radius 1 is 0.519 bits per heavy atom. The maximum Gasteiger partial charge on any atom is 0.264 e. The molecular weight excluding hydrogens is 656 g/mol. The van der Waals surface area contributed by atoms with E-state index in [0.717, 1.165) is 55.4 Å². The van der Waals surface area contributed by atoms with Gasteiger partial charge in [-0.2, -0.15) is 0 Å². The summed E-state index contributed by atoms with van der Waals surface area (Å²) in [5.41, 5.74) is 8.01. The van der Waals surface area contributed by atoms with Gasteiger partial charge in [0.15, 0.2) is 12.2 Å². The van der Waals surface area contributed by atoms with Crippen LogP contribution in [-0.4, -0.2) is 31.9 Å². The van der Waals surface area contributed by atoms with Gasteiger partial charge in [0.2, 0.25) is 0 Å². The highest BCUT2D eigenvalue weighted by molar-refractivity contribution is 5.87. The molecule has 9 rings (SSSR count). The Kier molecular flexibility index (Phi) is 7.35. The van der Waals surface area contributed by atoms with E-state index in [2.05, 4.69) is 9.97 Å². The molecule has 0 bridgehead atoms. The Labute approximate surface area is 298 Å². The van der Waals surface area contributed by atoms with Crippen molar-refractivity contribution in [1.82, 2.24) is 9.97 Å². The highest BCUT2D eigenvalue weighted by Gasteiger charge is 2.51. The second-order valence-corrected chi connectivity index (χ2v) is 13.7. The minimum atomic E-state index is -1.16. The number of ether oxygens (including phenoxy) is 2. The molecule has 4 heterocycles. The molecule has 0 spiro atoms. The molecule has 6 unspecified atom stereocenters. The van der Waals surface area contributed by atoms with E-state index in [0.29, 0.717) is 22.6 Å². The first-order valence-electron chi connectivity index (χ1n) is 17.3. The quantitative estimate of drug-likeness (QED) is 0.132. The molecule has 10 nitrogen and oxygen atoms in total. The van der Waals surface area contributed by atoms with Gasteiger partial charge < -0.3 is 19.4 Å². The minimum Gasteiger partial charge on any atom is -0.478 e. The number of rotatable bonds is 6. The molecule has 0 saturated carbocycles. The summed E-state index contributed by atoms with van der Waals surface area (Å²) in [6, 6.07) is 35.5. The molecule has 2 aliphatic rings. The fourth-order valence-electron chi connectivity index (χ4n) is 8.74. The van der Waals surface area contributed by atoms with Gasteiger partial charge in [-0.15, -0.1) is 0 Å². The zero-order chi connectivity index (χ0) is 35.7. The van der Waals surface area contributed by atoms with E-state index in [1.807, 2.05) is 111 Å². The summed E-state index contributed by atoms with van der Waals surface area (Å²) in [7, 11) is 0. The number of nitro groups is 2. The molecule has 2 N–H and O–H groups in total. The Hall–Kier alpha value is -6.42. The Bertz CT molecular complexity index is 2350. The molecule has 10 heteroatoms. The second-order valence-electron chi connectivity index (χ2n) is 13.7. The van der Waals surface area contributed by atoms with Crippen molar-refractivity contribution in [1.29, 1.82) is 0 Å². The molecule has 7 aromatic rings. The Morgan fingerprint density at radius 2 is 0.885 bits per heavy atom. The monoisotopic (exact) mass is 690 g/mol. The highest BCUT2D eigenvalue weighted by atomic mass is 16.6. The molecule has 0 saturated heterocycles. The van der Waals surface area contributed by atoms with Crippen LogP contribution in [0.2, 0.25) is 0 Å². The maximum atomic E-state index is 13.1. The number of hydrogen-bond donors (Lipinski definition) is 2. The first-order chi connectivity index (χ1) is 25.3. The standard InChI is InChI=1S/C42H34N4O6/c1-23-35(27-11-3-7-15-31(27)43-23)37-29-13-5-9-17-33(29)51-41(39(37)45(47)48)25-19-21-26(22-20-25)42-40(46(49)50)38(30-14-6-10-18-34(30)52-42)36-24(2)44-32-16-8-4-12-28(32)36/h3-22,37-44H,1-2H3. The van der Waals surface area contributed by atoms with E-state index < -0.39 is 36.1 Å². The van der Waals surface area contributed by atoms with Crippen LogP contribution in [-0.2, 0) is 0 Å². The van der Waals surface area contributed by atoms with Crippen molar-refractivity contribution in [2.24, 2.45) is 0 Å². The van der Waals surface area contributed by atoms with Crippen LogP contribution < -0.4 is 9.47 Å². The summed E-state index contributed by atoms with van der Waals surface area (Å²) < 4.78 is 13.0. The number of nitrogens with zero attached hydrogens (tertiary/aromatic N) is 2. The van der Waals surface area contributed by atoms with E-state index in [9.17, 15) is 20.2 Å². The lowest BCUT2D eigenvalue weighted by atomic mass is 9.76. The molecule has 0 aliphatic carbocycles. The number of H-pyrrole nitrogens is 2. The van der Waals surface area contributed by atoms with Crippen molar-refractivity contribution in [3.05, 3.63) is 186 Å². The Balaban J connectivity index is 1.14. The first kappa shape index (κ1) is 31.6. The van der Waals surface area contributed by atoms with E-state index in [4.69, 9.17) is 9.47 Å². The van der Waals surface area contributed by atoms with E-state index in [-0.39, 0.29) is 9.85 Å². The largest absolute Gasteiger partial charge is 0.478 e. The van der Waals surface area contributed by atoms with E-state index in [1.54, 1.807) is 24.3 Å². The summed E-state index contributed by atoms with van der Waals surface area (Å²) >= 11 is 0. The normalized spacial score (nSPS) is 22.3. The molecule has 6 atom stereocenters. The minimum absolute atomic E-state index is 0.238. The van der Waals surface area contributed by atoms with Crippen LogP contribution in [0.4, 0.5) is 0 Å². The SMILES string of the molecule is Cc1[nH]c2ccccc2c1C1c2ccccc2OC(c2ccc(C3Oc4ccccc4C(c4c(C)[nH]c5ccccc45)C3[N+](=O)[O-])cc2)C1[N+](=O)[O-]. The van der Waals surface area contributed by atoms with Crippen LogP contribution in [0, 0.1) is 34.1 Å². The lowest BCUT2D eigenvalue weighted by Crippen LogP contribution is -2.41. The Morgan fingerprint density at radius 3 is 1.29 bits per heavy atom. The second kappa shape index (κ2) is 12.1. The molecule has 0 radical (unpaired) electrons. The van der Waals surface area contributed by atoms with Crippen LogP contribution in [0.3, 0.4) is 0 Å². The number of nitrogens with one attached hydrogen (secondary N) is 2. The van der Waals surface area contributed by atoms with Crippen LogP contribution in [0.5, 0.6) is 11.5 Å². The molecule has 5 aromatic carbocycles. The maximum absolute atomic E-state index is 13.1. The van der Waals surface area contributed by atoms with Crippen molar-refractivity contribution >= 4 is 21.8 Å². The number of aromatic nitrogens is 2. The van der Waals surface area contributed by atoms with Crippen LogP contribution in [0.25, 0.3) is 21.8 Å². The molecule has 0 amide bonds. The molecule has 258 valence electrons. The smallest absolute Gasteiger partial charge is 0.264 e. The van der Waals surface area contributed by atoms with E-state index in [1.165, 1.54) is 0 Å². The fraction of sp³-hybridized carbons (Fsp3) is 0.190. The molecule has 2 aliphatic heterocycles. The van der Waals surface area contributed by atoms with Crippen molar-refractivity contribution in [2.75, 3.05) is 0 Å². The number of hydrogen-bond acceptors (Lipinski definition) is 6. The van der Waals surface area contributed by atoms with Gasteiger partial charge in [0.1, 0.15) is 11.5 Å². The fourth-order valence-corrected chi connectivity index (χ4v) is 8.74. The third-order valence-electron chi connectivity index (χ3n) is 10.9. The number of aryl methyl sites for hydroxylation is 2. The predicted molar refractivity (Wildman–Crippen MR) is 197 cm³/mol. The van der Waals surface area contributed by atoms with Gasteiger partial charge in [-0.1, -0.05) is 97.1 Å². The van der Waals surface area contributed by atoms with E-state index >= 15 is 0 Å². The zero-order valence-corrected chi connectivity index (χ0v) is 28.4.